The number of para-hydroxylation sites is 1. The largest absolute Gasteiger partial charge is 0.322 e. The van der Waals surface area contributed by atoms with E-state index in [1.54, 1.807) is 18.2 Å². The number of benzene rings is 2. The van der Waals surface area contributed by atoms with E-state index in [4.69, 9.17) is 23.2 Å². The van der Waals surface area contributed by atoms with Gasteiger partial charge in [-0.2, -0.15) is 0 Å². The number of amides is 3. The molecule has 31 heavy (non-hydrogen) atoms. The number of aromatic nitrogens is 2. The molecular weight excluding hydrogens is 525 g/mol. The highest BCUT2D eigenvalue weighted by atomic mass is 79.9. The van der Waals surface area contributed by atoms with Gasteiger partial charge >= 0.3 is 6.03 Å². The maximum atomic E-state index is 12.9. The zero-order valence-electron chi connectivity index (χ0n) is 15.9. The van der Waals surface area contributed by atoms with E-state index < -0.39 is 12.1 Å². The minimum atomic E-state index is -0.624. The van der Waals surface area contributed by atoms with E-state index in [1.165, 1.54) is 16.2 Å². The highest BCUT2D eigenvalue weighted by Gasteiger charge is 2.35. The van der Waals surface area contributed by atoms with Crippen molar-refractivity contribution < 1.29 is 9.59 Å². The molecule has 3 amide bonds. The van der Waals surface area contributed by atoms with Crippen molar-refractivity contribution in [1.82, 2.24) is 15.1 Å². The van der Waals surface area contributed by atoms with E-state index in [9.17, 15) is 9.59 Å². The number of nitrogens with zero attached hydrogens (tertiary/aromatic N) is 3. The molecule has 1 saturated heterocycles. The van der Waals surface area contributed by atoms with Crippen LogP contribution in [0.4, 0.5) is 15.6 Å². The highest BCUT2D eigenvalue weighted by Crippen LogP contribution is 2.31. The zero-order valence-corrected chi connectivity index (χ0v) is 19.9. The Kier molecular flexibility index (Phi) is 6.76. The van der Waals surface area contributed by atoms with Gasteiger partial charge in [0.15, 0.2) is 0 Å². The van der Waals surface area contributed by atoms with Gasteiger partial charge in [-0.25, -0.2) is 4.79 Å². The van der Waals surface area contributed by atoms with Gasteiger partial charge in [-0.05, 0) is 37.1 Å². The molecular formula is C20H16BrCl2N5O2S. The number of carbonyl (C=O) groups excluding carboxylic acids is 2. The number of rotatable bonds is 4. The summed E-state index contributed by atoms with van der Waals surface area (Å²) in [7, 11) is 0. The van der Waals surface area contributed by atoms with Crippen molar-refractivity contribution in [2.24, 2.45) is 0 Å². The summed E-state index contributed by atoms with van der Waals surface area (Å²) in [6, 6.07) is 11.6. The topological polar surface area (TPSA) is 87.2 Å². The second-order valence-corrected chi connectivity index (χ2v) is 9.49. The van der Waals surface area contributed by atoms with Crippen LogP contribution < -0.4 is 10.6 Å². The van der Waals surface area contributed by atoms with Crippen LogP contribution in [0.15, 0.2) is 46.9 Å². The molecule has 1 aromatic heterocycles. The Morgan fingerprint density at radius 3 is 2.48 bits per heavy atom. The first kappa shape index (κ1) is 22.0. The third-order valence-corrected chi connectivity index (χ3v) is 6.80. The smallest absolute Gasteiger partial charge is 0.312 e. The number of anilines is 2. The Morgan fingerprint density at radius 2 is 1.77 bits per heavy atom. The molecule has 2 heterocycles. The van der Waals surface area contributed by atoms with E-state index in [0.717, 1.165) is 10.0 Å². The molecule has 2 N–H and O–H groups in total. The molecule has 1 aliphatic heterocycles. The third-order valence-electron chi connectivity index (χ3n) is 4.76. The second kappa shape index (κ2) is 9.52. The predicted molar refractivity (Wildman–Crippen MR) is 127 cm³/mol. The number of likely N-dealkylation sites (tertiary alicyclic amines) is 1. The molecule has 1 aliphatic rings. The van der Waals surface area contributed by atoms with Gasteiger partial charge in [0.05, 0.1) is 15.7 Å². The van der Waals surface area contributed by atoms with Gasteiger partial charge in [0.1, 0.15) is 11.0 Å². The lowest BCUT2D eigenvalue weighted by atomic mass is 10.2. The molecule has 0 saturated carbocycles. The number of halogens is 3. The van der Waals surface area contributed by atoms with Crippen molar-refractivity contribution in [2.45, 2.75) is 18.9 Å². The SMILES string of the molecule is O=C(Nc1nnc(-c2ccc(Br)cc2)s1)C1CCCN1C(=O)Nc1c(Cl)cccc1Cl. The third kappa shape index (κ3) is 5.01. The summed E-state index contributed by atoms with van der Waals surface area (Å²) >= 11 is 16.9. The van der Waals surface area contributed by atoms with Gasteiger partial charge in [0, 0.05) is 16.6 Å². The molecule has 2 aromatic carbocycles. The first-order valence-corrected chi connectivity index (χ1v) is 11.7. The lowest BCUT2D eigenvalue weighted by molar-refractivity contribution is -0.119. The normalized spacial score (nSPS) is 15.7. The molecule has 0 radical (unpaired) electrons. The molecule has 1 fully saturated rings. The van der Waals surface area contributed by atoms with E-state index in [0.29, 0.717) is 45.3 Å². The monoisotopic (exact) mass is 539 g/mol. The number of nitrogens with one attached hydrogen (secondary N) is 2. The van der Waals surface area contributed by atoms with E-state index in [2.05, 4.69) is 36.8 Å². The van der Waals surface area contributed by atoms with E-state index >= 15 is 0 Å². The molecule has 11 heteroatoms. The molecule has 160 valence electrons. The first-order chi connectivity index (χ1) is 14.9. The molecule has 0 bridgehead atoms. The Hall–Kier alpha value is -2.20. The van der Waals surface area contributed by atoms with Gasteiger partial charge in [0.2, 0.25) is 11.0 Å². The van der Waals surface area contributed by atoms with Crippen LogP contribution >= 0.6 is 50.5 Å². The molecule has 0 spiro atoms. The van der Waals surface area contributed by atoms with Crippen molar-refractivity contribution in [3.8, 4) is 10.6 Å². The van der Waals surface area contributed by atoms with Crippen LogP contribution in [-0.2, 0) is 4.79 Å². The van der Waals surface area contributed by atoms with Crippen molar-refractivity contribution in [1.29, 1.82) is 0 Å². The van der Waals surface area contributed by atoms with Crippen LogP contribution in [0.2, 0.25) is 10.0 Å². The number of hydrogen-bond donors (Lipinski definition) is 2. The molecule has 3 aromatic rings. The summed E-state index contributed by atoms with van der Waals surface area (Å²) in [4.78, 5) is 27.1. The number of urea groups is 1. The summed E-state index contributed by atoms with van der Waals surface area (Å²) in [5.74, 6) is -0.309. The molecule has 4 rings (SSSR count). The minimum absolute atomic E-state index is 0.309. The lowest BCUT2D eigenvalue weighted by Crippen LogP contribution is -2.45. The fourth-order valence-corrected chi connectivity index (χ4v) is 4.76. The van der Waals surface area contributed by atoms with Gasteiger partial charge in [0.25, 0.3) is 0 Å². The summed E-state index contributed by atoms with van der Waals surface area (Å²) in [6.45, 7) is 0.451. The molecule has 1 unspecified atom stereocenters. The van der Waals surface area contributed by atoms with Crippen LogP contribution in [0.3, 0.4) is 0 Å². The lowest BCUT2D eigenvalue weighted by Gasteiger charge is -2.24. The summed E-state index contributed by atoms with van der Waals surface area (Å²) in [5, 5.41) is 15.4. The van der Waals surface area contributed by atoms with Crippen molar-refractivity contribution >= 4 is 73.2 Å². The van der Waals surface area contributed by atoms with Gasteiger partial charge in [-0.15, -0.1) is 10.2 Å². The Balaban J connectivity index is 1.43. The number of hydrogen-bond acceptors (Lipinski definition) is 5. The van der Waals surface area contributed by atoms with Crippen LogP contribution in [0, 0.1) is 0 Å². The molecule has 1 atom stereocenters. The van der Waals surface area contributed by atoms with Crippen LogP contribution in [0.5, 0.6) is 0 Å². The zero-order chi connectivity index (χ0) is 22.0. The van der Waals surface area contributed by atoms with Gasteiger partial charge in [-0.3, -0.25) is 10.1 Å². The van der Waals surface area contributed by atoms with E-state index in [1.807, 2.05) is 24.3 Å². The average molecular weight is 541 g/mol. The highest BCUT2D eigenvalue weighted by molar-refractivity contribution is 9.10. The fraction of sp³-hybridized carbons (Fsp3) is 0.200. The summed E-state index contributed by atoms with van der Waals surface area (Å²) < 4.78 is 0.965. The van der Waals surface area contributed by atoms with Crippen molar-refractivity contribution in [3.05, 3.63) is 57.0 Å². The van der Waals surface area contributed by atoms with Crippen molar-refractivity contribution in [2.75, 3.05) is 17.2 Å². The predicted octanol–water partition coefficient (Wildman–Crippen LogP) is 5.91. The van der Waals surface area contributed by atoms with Crippen molar-refractivity contribution in [3.63, 3.8) is 0 Å². The first-order valence-electron chi connectivity index (χ1n) is 9.34. The summed E-state index contributed by atoms with van der Waals surface area (Å²) in [6.07, 6.45) is 1.26. The Morgan fingerprint density at radius 1 is 1.06 bits per heavy atom. The average Bonchev–Trinajstić information content (AvgIpc) is 3.41. The Bertz CT molecular complexity index is 1100. The Labute approximate surface area is 200 Å². The van der Waals surface area contributed by atoms with Crippen LogP contribution in [0.25, 0.3) is 10.6 Å². The quantitative estimate of drug-likeness (QED) is 0.430. The van der Waals surface area contributed by atoms with Crippen LogP contribution in [0.1, 0.15) is 12.8 Å². The van der Waals surface area contributed by atoms with Crippen LogP contribution in [-0.4, -0.2) is 39.6 Å². The second-order valence-electron chi connectivity index (χ2n) is 6.79. The van der Waals surface area contributed by atoms with Gasteiger partial charge in [-0.1, -0.05) is 68.7 Å². The maximum Gasteiger partial charge on any atom is 0.322 e. The fourth-order valence-electron chi connectivity index (χ4n) is 3.25. The molecule has 0 aliphatic carbocycles. The maximum absolute atomic E-state index is 12.9. The molecule has 7 nitrogen and oxygen atoms in total. The number of carbonyl (C=O) groups is 2. The summed E-state index contributed by atoms with van der Waals surface area (Å²) in [5.41, 5.74) is 1.23. The van der Waals surface area contributed by atoms with Gasteiger partial charge < -0.3 is 10.2 Å². The van der Waals surface area contributed by atoms with E-state index in [-0.39, 0.29) is 5.91 Å². The standard InChI is InChI=1S/C20H16BrCl2N5O2S/c21-12-8-6-11(7-9-12)18-26-27-19(31-18)25-17(29)15-5-2-10-28(15)20(30)24-16-13(22)3-1-4-14(16)23/h1,3-4,6-9,15H,2,5,10H2,(H,24,30)(H,25,27,29). The minimum Gasteiger partial charge on any atom is -0.312 e.